The zero-order valence-corrected chi connectivity index (χ0v) is 18.6. The van der Waals surface area contributed by atoms with Gasteiger partial charge in [-0.3, -0.25) is 9.69 Å². The maximum Gasteiger partial charge on any atom is 0.422 e. The molecule has 2 aliphatic rings. The van der Waals surface area contributed by atoms with Crippen LogP contribution in [-0.2, 0) is 24.1 Å². The molecule has 0 bridgehead atoms. The fourth-order valence-electron chi connectivity index (χ4n) is 4.58. The van der Waals surface area contributed by atoms with Gasteiger partial charge < -0.3 is 18.9 Å². The minimum absolute atomic E-state index is 0.0614. The number of likely N-dealkylation sites (tertiary alicyclic amines) is 1. The summed E-state index contributed by atoms with van der Waals surface area (Å²) in [7, 11) is 0. The SMILES string of the molecule is O=C(O)C1CN(Cc2ccc3c(c2)OCc2c(-c4onc(-c5ccccc5)c4C(F)(F)F)noc2-3)C1. The molecule has 0 unspecified atom stereocenters. The largest absolute Gasteiger partial charge is 0.488 e. The van der Waals surface area contributed by atoms with Crippen molar-refractivity contribution in [2.24, 2.45) is 5.92 Å². The summed E-state index contributed by atoms with van der Waals surface area (Å²) in [5, 5.41) is 16.7. The van der Waals surface area contributed by atoms with Gasteiger partial charge in [0.25, 0.3) is 0 Å². The topological polar surface area (TPSA) is 102 Å². The predicted molar refractivity (Wildman–Crippen MR) is 119 cm³/mol. The molecule has 0 spiro atoms. The van der Waals surface area contributed by atoms with Gasteiger partial charge in [0, 0.05) is 25.2 Å². The molecule has 0 amide bonds. The van der Waals surface area contributed by atoms with Crippen LogP contribution in [0.15, 0.2) is 57.6 Å². The molecule has 36 heavy (non-hydrogen) atoms. The number of carbonyl (C=O) groups is 1. The monoisotopic (exact) mass is 497 g/mol. The number of halogens is 3. The molecule has 0 radical (unpaired) electrons. The van der Waals surface area contributed by atoms with Crippen LogP contribution >= 0.6 is 0 Å². The minimum atomic E-state index is -4.74. The molecular weight excluding hydrogens is 479 g/mol. The van der Waals surface area contributed by atoms with E-state index in [9.17, 15) is 18.0 Å². The second-order valence-corrected chi connectivity index (χ2v) is 8.79. The van der Waals surface area contributed by atoms with Crippen LogP contribution in [0.5, 0.6) is 5.75 Å². The van der Waals surface area contributed by atoms with E-state index >= 15 is 0 Å². The lowest BCUT2D eigenvalue weighted by molar-refractivity contribution is -0.147. The van der Waals surface area contributed by atoms with Gasteiger partial charge in [0.15, 0.2) is 11.5 Å². The Kier molecular flexibility index (Phi) is 5.11. The number of hydrogen-bond donors (Lipinski definition) is 1. The van der Waals surface area contributed by atoms with Crippen molar-refractivity contribution in [3.05, 3.63) is 65.2 Å². The third-order valence-corrected chi connectivity index (χ3v) is 6.40. The summed E-state index contributed by atoms with van der Waals surface area (Å²) in [6, 6.07) is 13.4. The molecule has 8 nitrogen and oxygen atoms in total. The van der Waals surface area contributed by atoms with Gasteiger partial charge in [-0.05, 0) is 17.7 Å². The van der Waals surface area contributed by atoms with E-state index in [1.54, 1.807) is 24.3 Å². The van der Waals surface area contributed by atoms with Crippen LogP contribution in [0.25, 0.3) is 34.0 Å². The van der Waals surface area contributed by atoms with Crippen molar-refractivity contribution in [2.75, 3.05) is 13.1 Å². The first-order valence-corrected chi connectivity index (χ1v) is 11.1. The zero-order valence-electron chi connectivity index (χ0n) is 18.6. The molecule has 0 saturated carbocycles. The first-order chi connectivity index (χ1) is 17.3. The molecule has 0 atom stereocenters. The number of carboxylic acid groups (broad SMARTS) is 1. The Morgan fingerprint density at radius 2 is 1.75 bits per heavy atom. The third-order valence-electron chi connectivity index (χ3n) is 6.40. The Morgan fingerprint density at radius 3 is 2.47 bits per heavy atom. The Morgan fingerprint density at radius 1 is 1.03 bits per heavy atom. The molecule has 2 aliphatic heterocycles. The predicted octanol–water partition coefficient (Wildman–Crippen LogP) is 5.09. The van der Waals surface area contributed by atoms with Crippen molar-refractivity contribution in [1.29, 1.82) is 0 Å². The highest BCUT2D eigenvalue weighted by Gasteiger charge is 2.43. The second-order valence-electron chi connectivity index (χ2n) is 8.79. The van der Waals surface area contributed by atoms with Gasteiger partial charge in [0.05, 0.1) is 17.0 Å². The van der Waals surface area contributed by atoms with Crippen LogP contribution < -0.4 is 4.74 Å². The van der Waals surface area contributed by atoms with Crippen molar-refractivity contribution in [3.63, 3.8) is 0 Å². The van der Waals surface area contributed by atoms with Crippen molar-refractivity contribution >= 4 is 5.97 Å². The van der Waals surface area contributed by atoms with Crippen LogP contribution in [0, 0.1) is 5.92 Å². The van der Waals surface area contributed by atoms with Crippen LogP contribution in [-0.4, -0.2) is 39.4 Å². The minimum Gasteiger partial charge on any atom is -0.488 e. The molecule has 6 rings (SSSR count). The highest BCUT2D eigenvalue weighted by molar-refractivity contribution is 5.79. The molecular formula is C25H18F3N3O5. The molecule has 0 aliphatic carbocycles. The summed E-state index contributed by atoms with van der Waals surface area (Å²) in [4.78, 5) is 13.0. The van der Waals surface area contributed by atoms with Crippen molar-refractivity contribution in [2.45, 2.75) is 19.3 Å². The van der Waals surface area contributed by atoms with E-state index in [0.717, 1.165) is 5.56 Å². The molecule has 2 aromatic carbocycles. The van der Waals surface area contributed by atoms with E-state index in [0.29, 0.717) is 42.3 Å². The number of aliphatic carboxylic acids is 1. The molecule has 1 N–H and O–H groups in total. The summed E-state index contributed by atoms with van der Waals surface area (Å²) < 4.78 is 58.9. The number of hydrogen-bond acceptors (Lipinski definition) is 7. The fraction of sp³-hybridized carbons (Fsp3) is 0.240. The average Bonchev–Trinajstić information content (AvgIpc) is 3.45. The Bertz CT molecular complexity index is 1460. The molecule has 1 fully saturated rings. The second kappa shape index (κ2) is 8.23. The number of ether oxygens (including phenoxy) is 1. The lowest BCUT2D eigenvalue weighted by Crippen LogP contribution is -2.49. The number of aromatic nitrogens is 2. The highest BCUT2D eigenvalue weighted by Crippen LogP contribution is 2.47. The average molecular weight is 497 g/mol. The summed E-state index contributed by atoms with van der Waals surface area (Å²) in [6.07, 6.45) is -4.74. The van der Waals surface area contributed by atoms with E-state index in [4.69, 9.17) is 18.9 Å². The Hall–Kier alpha value is -4.12. The first kappa shape index (κ1) is 22.4. The third kappa shape index (κ3) is 3.72. The zero-order chi connectivity index (χ0) is 25.0. The van der Waals surface area contributed by atoms with Gasteiger partial charge >= 0.3 is 12.1 Å². The maximum absolute atomic E-state index is 14.1. The summed E-state index contributed by atoms with van der Waals surface area (Å²) in [5.74, 6) is -0.866. The first-order valence-electron chi connectivity index (χ1n) is 11.1. The number of carboxylic acids is 1. The number of fused-ring (bicyclic) bond motifs is 3. The summed E-state index contributed by atoms with van der Waals surface area (Å²) >= 11 is 0. The molecule has 1 saturated heterocycles. The van der Waals surface area contributed by atoms with Crippen molar-refractivity contribution in [1.82, 2.24) is 15.2 Å². The van der Waals surface area contributed by atoms with Crippen LogP contribution in [0.1, 0.15) is 16.7 Å². The van der Waals surface area contributed by atoms with Crippen LogP contribution in [0.4, 0.5) is 13.2 Å². The van der Waals surface area contributed by atoms with Gasteiger partial charge in [-0.2, -0.15) is 13.2 Å². The van der Waals surface area contributed by atoms with E-state index in [-0.39, 0.29) is 29.5 Å². The van der Waals surface area contributed by atoms with Gasteiger partial charge in [-0.25, -0.2) is 0 Å². The Balaban J connectivity index is 1.33. The lowest BCUT2D eigenvalue weighted by atomic mass is 9.97. The Labute approximate surface area is 201 Å². The quantitative estimate of drug-likeness (QED) is 0.407. The van der Waals surface area contributed by atoms with Crippen LogP contribution in [0.3, 0.4) is 0 Å². The summed E-state index contributed by atoms with van der Waals surface area (Å²) in [6.45, 7) is 1.46. The van der Waals surface area contributed by atoms with Crippen molar-refractivity contribution < 1.29 is 36.9 Å². The highest BCUT2D eigenvalue weighted by atomic mass is 19.4. The maximum atomic E-state index is 14.1. The number of nitrogens with zero attached hydrogens (tertiary/aromatic N) is 3. The number of rotatable bonds is 5. The molecule has 11 heteroatoms. The lowest BCUT2D eigenvalue weighted by Gasteiger charge is -2.36. The van der Waals surface area contributed by atoms with E-state index in [1.807, 2.05) is 17.0 Å². The normalized spacial score (nSPS) is 15.6. The molecule has 4 aromatic rings. The van der Waals surface area contributed by atoms with Crippen LogP contribution in [0.2, 0.25) is 0 Å². The van der Waals surface area contributed by atoms with Gasteiger partial charge in [0.2, 0.25) is 5.76 Å². The fourth-order valence-corrected chi connectivity index (χ4v) is 4.58. The van der Waals surface area contributed by atoms with E-state index < -0.39 is 23.5 Å². The number of alkyl halides is 3. The number of benzene rings is 2. The summed E-state index contributed by atoms with van der Waals surface area (Å²) in [5.41, 5.74) is 0.617. The standard InChI is InChI=1S/C25H18F3N3O5/c26-25(27,28)19-20(14-4-2-1-3-5-14)29-36-23(19)21-17-12-34-18-8-13(6-7-16(18)22(17)35-30-21)9-31-10-15(11-31)24(32)33/h1-8,15H,9-12H2,(H,32,33). The molecule has 184 valence electrons. The molecule has 2 aromatic heterocycles. The molecule has 4 heterocycles. The van der Waals surface area contributed by atoms with Gasteiger partial charge in [-0.1, -0.05) is 46.7 Å². The van der Waals surface area contributed by atoms with Gasteiger partial charge in [-0.15, -0.1) is 0 Å². The smallest absolute Gasteiger partial charge is 0.422 e. The van der Waals surface area contributed by atoms with E-state index in [2.05, 4.69) is 10.3 Å². The van der Waals surface area contributed by atoms with Crippen molar-refractivity contribution in [3.8, 4) is 39.8 Å². The van der Waals surface area contributed by atoms with Gasteiger partial charge in [0.1, 0.15) is 23.6 Å². The van der Waals surface area contributed by atoms with E-state index in [1.165, 1.54) is 12.1 Å².